The summed E-state index contributed by atoms with van der Waals surface area (Å²) >= 11 is 0. The van der Waals surface area contributed by atoms with Gasteiger partial charge in [-0.3, -0.25) is 14.8 Å². The smallest absolute Gasteiger partial charge is 0.321 e. The minimum absolute atomic E-state index is 0.161. The molecule has 162 valence electrons. The van der Waals surface area contributed by atoms with Crippen LogP contribution in [0.4, 0.5) is 18.9 Å². The second-order valence-electron chi connectivity index (χ2n) is 7.02. The Labute approximate surface area is 180 Å². The molecule has 10 heteroatoms. The fourth-order valence-electron chi connectivity index (χ4n) is 3.10. The number of hydrogen-bond acceptors (Lipinski definition) is 6. The number of nitrogens with one attached hydrogen (secondary N) is 1. The van der Waals surface area contributed by atoms with E-state index in [9.17, 15) is 18.0 Å². The van der Waals surface area contributed by atoms with E-state index in [0.29, 0.717) is 40.9 Å². The SMILES string of the molecule is CCc1ncc2cc(-c3cc(NC(=O)c4ccnc(C(F)(F)F)c4)cnc3C)cnc2n1. The summed E-state index contributed by atoms with van der Waals surface area (Å²) in [7, 11) is 0. The van der Waals surface area contributed by atoms with Crippen LogP contribution in [-0.2, 0) is 12.6 Å². The Kier molecular flexibility index (Phi) is 5.52. The number of anilines is 1. The molecule has 0 saturated carbocycles. The number of halogens is 3. The van der Waals surface area contributed by atoms with Gasteiger partial charge in [-0.25, -0.2) is 15.0 Å². The van der Waals surface area contributed by atoms with Crippen LogP contribution in [0.15, 0.2) is 49.1 Å². The predicted molar refractivity (Wildman–Crippen MR) is 112 cm³/mol. The largest absolute Gasteiger partial charge is 0.433 e. The molecule has 0 aromatic carbocycles. The van der Waals surface area contributed by atoms with E-state index in [-0.39, 0.29) is 5.56 Å². The lowest BCUT2D eigenvalue weighted by Crippen LogP contribution is -2.15. The molecule has 32 heavy (non-hydrogen) atoms. The van der Waals surface area contributed by atoms with E-state index in [4.69, 9.17) is 0 Å². The summed E-state index contributed by atoms with van der Waals surface area (Å²) in [4.78, 5) is 33.1. The molecule has 0 bridgehead atoms. The number of fused-ring (bicyclic) bond motifs is 1. The van der Waals surface area contributed by atoms with Crippen molar-refractivity contribution in [1.29, 1.82) is 0 Å². The first kappa shape index (κ1) is 21.3. The van der Waals surface area contributed by atoms with Crippen LogP contribution in [0, 0.1) is 6.92 Å². The molecule has 0 aliphatic heterocycles. The molecule has 4 heterocycles. The lowest BCUT2D eigenvalue weighted by Gasteiger charge is -2.11. The summed E-state index contributed by atoms with van der Waals surface area (Å²) in [5.41, 5.74) is 1.76. The Morgan fingerprint density at radius 3 is 2.59 bits per heavy atom. The van der Waals surface area contributed by atoms with Crippen LogP contribution in [0.3, 0.4) is 0 Å². The second kappa shape index (κ2) is 8.29. The van der Waals surface area contributed by atoms with Crippen molar-refractivity contribution in [1.82, 2.24) is 24.9 Å². The molecular weight excluding hydrogens is 421 g/mol. The standard InChI is InChI=1S/C22H17F3N6O/c1-3-19-28-10-15-6-14(9-29-20(15)31-19)17-8-16(11-27-12(17)2)30-21(32)13-4-5-26-18(7-13)22(23,24)25/h4-11H,3H2,1-2H3,(H,30,32). The number of nitrogens with zero attached hydrogens (tertiary/aromatic N) is 5. The summed E-state index contributed by atoms with van der Waals surface area (Å²) in [5.74, 6) is -0.00302. The lowest BCUT2D eigenvalue weighted by atomic mass is 10.0. The second-order valence-corrected chi connectivity index (χ2v) is 7.02. The predicted octanol–water partition coefficient (Wildman–Crippen LogP) is 4.62. The highest BCUT2D eigenvalue weighted by atomic mass is 19.4. The van der Waals surface area contributed by atoms with Gasteiger partial charge in [-0.1, -0.05) is 6.92 Å². The van der Waals surface area contributed by atoms with Crippen LogP contribution in [-0.4, -0.2) is 30.8 Å². The minimum atomic E-state index is -4.64. The molecule has 1 amide bonds. The van der Waals surface area contributed by atoms with Gasteiger partial charge in [-0.2, -0.15) is 13.2 Å². The molecule has 0 spiro atoms. The molecule has 0 radical (unpaired) electrons. The van der Waals surface area contributed by atoms with Crippen molar-refractivity contribution in [3.05, 3.63) is 71.8 Å². The van der Waals surface area contributed by atoms with E-state index in [1.807, 2.05) is 13.0 Å². The molecule has 4 rings (SSSR count). The zero-order chi connectivity index (χ0) is 22.9. The Balaban J connectivity index is 1.63. The maximum Gasteiger partial charge on any atom is 0.433 e. The Morgan fingerprint density at radius 2 is 1.84 bits per heavy atom. The highest BCUT2D eigenvalue weighted by Gasteiger charge is 2.33. The Bertz CT molecular complexity index is 1320. The van der Waals surface area contributed by atoms with Crippen LogP contribution in [0.5, 0.6) is 0 Å². The number of amides is 1. The van der Waals surface area contributed by atoms with Gasteiger partial charge in [-0.15, -0.1) is 0 Å². The minimum Gasteiger partial charge on any atom is -0.321 e. The van der Waals surface area contributed by atoms with Crippen LogP contribution in [0.2, 0.25) is 0 Å². The molecule has 0 atom stereocenters. The van der Waals surface area contributed by atoms with Crippen molar-refractivity contribution in [3.8, 4) is 11.1 Å². The number of aromatic nitrogens is 5. The molecule has 0 aliphatic carbocycles. The molecule has 7 nitrogen and oxygen atoms in total. The first-order chi connectivity index (χ1) is 15.2. The van der Waals surface area contributed by atoms with Crippen molar-refractivity contribution in [2.45, 2.75) is 26.4 Å². The van der Waals surface area contributed by atoms with Gasteiger partial charge in [0.05, 0.1) is 11.9 Å². The maximum absolute atomic E-state index is 12.9. The van der Waals surface area contributed by atoms with E-state index in [1.165, 1.54) is 12.3 Å². The van der Waals surface area contributed by atoms with Gasteiger partial charge in [0.2, 0.25) is 0 Å². The molecule has 0 saturated heterocycles. The van der Waals surface area contributed by atoms with E-state index in [0.717, 1.165) is 17.1 Å². The fourth-order valence-corrected chi connectivity index (χ4v) is 3.10. The zero-order valence-corrected chi connectivity index (χ0v) is 17.1. The van der Waals surface area contributed by atoms with E-state index >= 15 is 0 Å². The average molecular weight is 438 g/mol. The summed E-state index contributed by atoms with van der Waals surface area (Å²) in [6, 6.07) is 5.48. The molecule has 1 N–H and O–H groups in total. The third-order valence-corrected chi connectivity index (χ3v) is 4.77. The van der Waals surface area contributed by atoms with Crippen molar-refractivity contribution in [2.75, 3.05) is 5.32 Å². The van der Waals surface area contributed by atoms with Crippen LogP contribution >= 0.6 is 0 Å². The molecule has 0 aliphatic rings. The van der Waals surface area contributed by atoms with Crippen LogP contribution < -0.4 is 5.32 Å². The number of aryl methyl sites for hydroxylation is 2. The first-order valence-electron chi connectivity index (χ1n) is 9.68. The Hall–Kier alpha value is -3.95. The molecule has 4 aromatic heterocycles. The van der Waals surface area contributed by atoms with Gasteiger partial charge in [0.15, 0.2) is 5.65 Å². The molecule has 0 unspecified atom stereocenters. The van der Waals surface area contributed by atoms with Crippen molar-refractivity contribution < 1.29 is 18.0 Å². The van der Waals surface area contributed by atoms with Crippen molar-refractivity contribution in [2.24, 2.45) is 0 Å². The van der Waals surface area contributed by atoms with Crippen LogP contribution in [0.25, 0.3) is 22.2 Å². The number of alkyl halides is 3. The van der Waals surface area contributed by atoms with Gasteiger partial charge in [0, 0.05) is 52.8 Å². The lowest BCUT2D eigenvalue weighted by molar-refractivity contribution is -0.141. The third kappa shape index (κ3) is 4.39. The number of carbonyl (C=O) groups is 1. The van der Waals surface area contributed by atoms with Crippen molar-refractivity contribution in [3.63, 3.8) is 0 Å². The molecule has 4 aromatic rings. The van der Waals surface area contributed by atoms with Crippen molar-refractivity contribution >= 4 is 22.6 Å². The van der Waals surface area contributed by atoms with Gasteiger partial charge in [0.25, 0.3) is 5.91 Å². The van der Waals surface area contributed by atoms with Gasteiger partial charge < -0.3 is 5.32 Å². The van der Waals surface area contributed by atoms with Gasteiger partial charge in [-0.05, 0) is 31.2 Å². The number of hydrogen-bond donors (Lipinski definition) is 1. The highest BCUT2D eigenvalue weighted by Crippen LogP contribution is 2.29. The Morgan fingerprint density at radius 1 is 1.03 bits per heavy atom. The van der Waals surface area contributed by atoms with Gasteiger partial charge in [0.1, 0.15) is 11.5 Å². The summed E-state index contributed by atoms with van der Waals surface area (Å²) in [6.45, 7) is 3.76. The monoisotopic (exact) mass is 438 g/mol. The van der Waals surface area contributed by atoms with Gasteiger partial charge >= 0.3 is 6.18 Å². The first-order valence-corrected chi connectivity index (χ1v) is 9.68. The summed E-state index contributed by atoms with van der Waals surface area (Å²) in [5, 5.41) is 3.34. The highest BCUT2D eigenvalue weighted by molar-refractivity contribution is 6.04. The average Bonchev–Trinajstić information content (AvgIpc) is 2.79. The topological polar surface area (TPSA) is 93.6 Å². The molecule has 0 fully saturated rings. The quantitative estimate of drug-likeness (QED) is 0.500. The normalized spacial score (nSPS) is 11.5. The third-order valence-electron chi connectivity index (χ3n) is 4.77. The van der Waals surface area contributed by atoms with E-state index < -0.39 is 17.8 Å². The van der Waals surface area contributed by atoms with E-state index in [1.54, 1.807) is 25.4 Å². The summed E-state index contributed by atoms with van der Waals surface area (Å²) < 4.78 is 38.6. The fraction of sp³-hybridized carbons (Fsp3) is 0.182. The van der Waals surface area contributed by atoms with Crippen LogP contribution in [0.1, 0.15) is 34.5 Å². The van der Waals surface area contributed by atoms with E-state index in [2.05, 4.69) is 30.2 Å². The number of carbonyl (C=O) groups excluding carboxylic acids is 1. The molecular formula is C22H17F3N6O. The maximum atomic E-state index is 12.9. The number of pyridine rings is 3. The number of rotatable bonds is 4. The zero-order valence-electron chi connectivity index (χ0n) is 17.1. The summed E-state index contributed by atoms with van der Waals surface area (Å²) in [6.07, 6.45) is 1.80.